The van der Waals surface area contributed by atoms with E-state index in [1.807, 2.05) is 24.5 Å². The Morgan fingerprint density at radius 3 is 2.08 bits per heavy atom. The first-order valence-electron chi connectivity index (χ1n) is 13.6. The molecule has 7 rings (SSSR count). The zero-order valence-corrected chi connectivity index (χ0v) is 22.0. The Kier molecular flexibility index (Phi) is 6.31. The average molecular weight is 514 g/mol. The largest absolute Gasteiger partial charge is 0.264 e. The Morgan fingerprint density at radius 2 is 1.23 bits per heavy atom. The van der Waals surface area contributed by atoms with Gasteiger partial charge in [0, 0.05) is 35.3 Å². The second kappa shape index (κ2) is 10.5. The maximum Gasteiger partial charge on any atom is 0.155 e. The Balaban J connectivity index is 1.38. The van der Waals surface area contributed by atoms with Crippen molar-refractivity contribution in [2.75, 3.05) is 0 Å². The fourth-order valence-electron chi connectivity index (χ4n) is 5.45. The van der Waals surface area contributed by atoms with Gasteiger partial charge in [-0.05, 0) is 76.1 Å². The number of nitrogens with zero attached hydrogens (tertiary/aromatic N) is 3. The van der Waals surface area contributed by atoms with Gasteiger partial charge in [-0.15, -0.1) is 0 Å². The van der Waals surface area contributed by atoms with Gasteiger partial charge in [0.15, 0.2) is 5.82 Å². The summed E-state index contributed by atoms with van der Waals surface area (Å²) in [5, 5.41) is 0. The summed E-state index contributed by atoms with van der Waals surface area (Å²) in [6.07, 6.45) is 9.87. The Labute approximate surface area is 234 Å². The molecule has 4 aromatic carbocycles. The van der Waals surface area contributed by atoms with Crippen LogP contribution in [0.3, 0.4) is 0 Å². The second-order valence-electron chi connectivity index (χ2n) is 10.1. The minimum absolute atomic E-state index is 0.793. The molecule has 2 aromatic heterocycles. The van der Waals surface area contributed by atoms with Crippen molar-refractivity contribution >= 4 is 11.6 Å². The topological polar surface area (TPSA) is 38.7 Å². The number of aryl methyl sites for hydroxylation is 1. The highest BCUT2D eigenvalue weighted by Gasteiger charge is 2.18. The van der Waals surface area contributed by atoms with Crippen molar-refractivity contribution in [3.8, 4) is 44.6 Å². The molecule has 0 saturated heterocycles. The first-order valence-corrected chi connectivity index (χ1v) is 13.6. The third-order valence-electron chi connectivity index (χ3n) is 7.54. The third kappa shape index (κ3) is 4.74. The molecule has 0 fully saturated rings. The molecule has 0 radical (unpaired) electrons. The fraction of sp³-hybridized carbons (Fsp3) is 0.0541. The molecule has 0 spiro atoms. The zero-order chi connectivity index (χ0) is 26.7. The quantitative estimate of drug-likeness (QED) is 0.231. The number of benzene rings is 4. The number of allylic oxidation sites excluding steroid dienone is 1. The molecular weight excluding hydrogens is 486 g/mol. The zero-order valence-electron chi connectivity index (χ0n) is 22.0. The van der Waals surface area contributed by atoms with Gasteiger partial charge in [0.25, 0.3) is 0 Å². The van der Waals surface area contributed by atoms with E-state index in [0.717, 1.165) is 52.2 Å². The van der Waals surface area contributed by atoms with E-state index in [1.54, 1.807) is 6.20 Å². The Bertz CT molecular complexity index is 1840. The van der Waals surface area contributed by atoms with Gasteiger partial charge in [0.05, 0.1) is 5.69 Å². The van der Waals surface area contributed by atoms with E-state index in [1.165, 1.54) is 27.8 Å². The summed E-state index contributed by atoms with van der Waals surface area (Å²) in [4.78, 5) is 14.5. The van der Waals surface area contributed by atoms with Crippen molar-refractivity contribution in [2.45, 2.75) is 12.8 Å². The van der Waals surface area contributed by atoms with Gasteiger partial charge in [-0.3, -0.25) is 4.98 Å². The van der Waals surface area contributed by atoms with E-state index in [0.29, 0.717) is 0 Å². The van der Waals surface area contributed by atoms with E-state index < -0.39 is 0 Å². The van der Waals surface area contributed by atoms with E-state index in [9.17, 15) is 0 Å². The van der Waals surface area contributed by atoms with Crippen LogP contribution in [0.25, 0.3) is 56.3 Å². The minimum Gasteiger partial charge on any atom is -0.264 e. The van der Waals surface area contributed by atoms with Crippen LogP contribution < -0.4 is 0 Å². The molecule has 0 N–H and O–H groups in total. The van der Waals surface area contributed by atoms with E-state index in [2.05, 4.69) is 114 Å². The molecule has 3 nitrogen and oxygen atoms in total. The molecule has 0 unspecified atom stereocenters. The second-order valence-corrected chi connectivity index (χ2v) is 10.1. The van der Waals surface area contributed by atoms with Crippen molar-refractivity contribution < 1.29 is 0 Å². The molecule has 40 heavy (non-hydrogen) atoms. The van der Waals surface area contributed by atoms with E-state index >= 15 is 0 Å². The summed E-state index contributed by atoms with van der Waals surface area (Å²) in [5.74, 6) is 0.793. The van der Waals surface area contributed by atoms with Crippen LogP contribution in [0.2, 0.25) is 0 Å². The van der Waals surface area contributed by atoms with Crippen LogP contribution in [-0.2, 0) is 6.42 Å². The van der Waals surface area contributed by atoms with Gasteiger partial charge in [-0.25, -0.2) is 9.97 Å². The van der Waals surface area contributed by atoms with Crippen molar-refractivity contribution in [3.63, 3.8) is 0 Å². The SMILES string of the molecule is C1=C(c2ncc(-c3cccc(-c4cccnc4)c3)c(-c3cccc(-c4ccccc4)c3)n2)CCc2ccccc21. The normalized spacial score (nSPS) is 12.4. The van der Waals surface area contributed by atoms with Crippen LogP contribution >= 0.6 is 0 Å². The van der Waals surface area contributed by atoms with Crippen molar-refractivity contribution in [1.82, 2.24) is 15.0 Å². The lowest BCUT2D eigenvalue weighted by atomic mass is 9.91. The van der Waals surface area contributed by atoms with Crippen LogP contribution in [0.15, 0.2) is 134 Å². The van der Waals surface area contributed by atoms with Crippen molar-refractivity contribution in [1.29, 1.82) is 0 Å². The molecule has 190 valence electrons. The van der Waals surface area contributed by atoms with Gasteiger partial charge in [0.2, 0.25) is 0 Å². The monoisotopic (exact) mass is 513 g/mol. The maximum absolute atomic E-state index is 5.26. The molecule has 6 aromatic rings. The minimum atomic E-state index is 0.793. The lowest BCUT2D eigenvalue weighted by Crippen LogP contribution is -2.04. The standard InChI is InChI=1S/C37H27N3/c1-2-9-26(10-3-1)29-13-7-16-32(22-29)36-35(31-15-6-14-30(21-31)34-17-8-20-38-24-34)25-39-37(40-36)33-19-18-27-11-4-5-12-28(27)23-33/h1-17,20-25H,18-19H2. The lowest BCUT2D eigenvalue weighted by Gasteiger charge is -2.17. The van der Waals surface area contributed by atoms with Crippen molar-refractivity contribution in [2.24, 2.45) is 0 Å². The number of aromatic nitrogens is 3. The van der Waals surface area contributed by atoms with Gasteiger partial charge in [-0.2, -0.15) is 0 Å². The molecule has 1 aliphatic carbocycles. The predicted octanol–water partition coefficient (Wildman–Crippen LogP) is 9.03. The summed E-state index contributed by atoms with van der Waals surface area (Å²) in [6.45, 7) is 0. The van der Waals surface area contributed by atoms with Crippen LogP contribution in [-0.4, -0.2) is 15.0 Å². The van der Waals surface area contributed by atoms with E-state index in [-0.39, 0.29) is 0 Å². The number of hydrogen-bond acceptors (Lipinski definition) is 3. The molecule has 3 heteroatoms. The summed E-state index contributed by atoms with van der Waals surface area (Å²) in [5.41, 5.74) is 12.5. The number of rotatable bonds is 5. The Hall–Kier alpha value is -5.15. The summed E-state index contributed by atoms with van der Waals surface area (Å²) in [6, 6.07) is 40.4. The molecule has 2 heterocycles. The predicted molar refractivity (Wildman–Crippen MR) is 164 cm³/mol. The first kappa shape index (κ1) is 23.9. The van der Waals surface area contributed by atoms with Crippen LogP contribution in [0, 0.1) is 0 Å². The highest BCUT2D eigenvalue weighted by molar-refractivity contribution is 5.87. The summed E-state index contributed by atoms with van der Waals surface area (Å²) < 4.78 is 0. The van der Waals surface area contributed by atoms with E-state index in [4.69, 9.17) is 9.97 Å². The smallest absolute Gasteiger partial charge is 0.155 e. The van der Waals surface area contributed by atoms with Gasteiger partial charge in [0.1, 0.15) is 0 Å². The molecule has 0 atom stereocenters. The maximum atomic E-state index is 5.26. The molecule has 0 aliphatic heterocycles. The highest BCUT2D eigenvalue weighted by atomic mass is 14.9. The third-order valence-corrected chi connectivity index (χ3v) is 7.54. The van der Waals surface area contributed by atoms with Crippen LogP contribution in [0.4, 0.5) is 0 Å². The van der Waals surface area contributed by atoms with Gasteiger partial charge in [-0.1, -0.05) is 97.1 Å². The summed E-state index contributed by atoms with van der Waals surface area (Å²) in [7, 11) is 0. The van der Waals surface area contributed by atoms with Gasteiger partial charge < -0.3 is 0 Å². The van der Waals surface area contributed by atoms with Crippen LogP contribution in [0.5, 0.6) is 0 Å². The van der Waals surface area contributed by atoms with Crippen molar-refractivity contribution in [3.05, 3.63) is 151 Å². The molecule has 0 saturated carbocycles. The number of pyridine rings is 1. The number of fused-ring (bicyclic) bond motifs is 1. The average Bonchev–Trinajstić information content (AvgIpc) is 3.05. The van der Waals surface area contributed by atoms with Crippen LogP contribution in [0.1, 0.15) is 23.4 Å². The molecule has 0 amide bonds. The number of hydrogen-bond donors (Lipinski definition) is 0. The Morgan fingerprint density at radius 1 is 0.525 bits per heavy atom. The first-order chi connectivity index (χ1) is 19.8. The summed E-state index contributed by atoms with van der Waals surface area (Å²) >= 11 is 0. The molecule has 0 bridgehead atoms. The fourth-order valence-corrected chi connectivity index (χ4v) is 5.45. The molecule has 1 aliphatic rings. The highest BCUT2D eigenvalue weighted by Crippen LogP contribution is 2.36. The lowest BCUT2D eigenvalue weighted by molar-refractivity contribution is 0.972. The van der Waals surface area contributed by atoms with Gasteiger partial charge >= 0.3 is 0 Å². The molecular formula is C37H27N3.